The van der Waals surface area contributed by atoms with Crippen LogP contribution in [-0.2, 0) is 0 Å². The molecule has 0 atom stereocenters. The molecule has 0 unspecified atom stereocenters. The van der Waals surface area contributed by atoms with Crippen LogP contribution in [0, 0.1) is 0 Å². The van der Waals surface area contributed by atoms with Gasteiger partial charge >= 0.3 is 0 Å². The number of fused-ring (bicyclic) bond motifs is 8. The van der Waals surface area contributed by atoms with Crippen molar-refractivity contribution in [2.45, 2.75) is 0 Å². The van der Waals surface area contributed by atoms with E-state index in [1.54, 1.807) is 0 Å². The van der Waals surface area contributed by atoms with E-state index in [-0.39, 0.29) is 0 Å². The maximum absolute atomic E-state index is 2.47. The number of hydrogen-bond acceptors (Lipinski definition) is 1. The van der Waals surface area contributed by atoms with Crippen molar-refractivity contribution in [1.82, 2.24) is 0 Å². The van der Waals surface area contributed by atoms with Crippen molar-refractivity contribution in [1.29, 1.82) is 0 Å². The fourth-order valence-corrected chi connectivity index (χ4v) is 8.09. The Balaban J connectivity index is 1.26. The van der Waals surface area contributed by atoms with Crippen LogP contribution >= 0.6 is 0 Å². The summed E-state index contributed by atoms with van der Waals surface area (Å²) >= 11 is 0. The first-order valence-corrected chi connectivity index (χ1v) is 17.6. The Labute approximate surface area is 297 Å². The van der Waals surface area contributed by atoms with Crippen molar-refractivity contribution >= 4 is 70.9 Å². The minimum Gasteiger partial charge on any atom is -0.309 e. The van der Waals surface area contributed by atoms with Crippen molar-refractivity contribution in [3.63, 3.8) is 0 Å². The number of nitrogens with zero attached hydrogens (tertiary/aromatic N) is 1. The molecule has 0 spiro atoms. The van der Waals surface area contributed by atoms with Gasteiger partial charge in [-0.25, -0.2) is 0 Å². The van der Waals surface area contributed by atoms with Crippen LogP contribution < -0.4 is 4.90 Å². The van der Waals surface area contributed by atoms with E-state index >= 15 is 0 Å². The quantitative estimate of drug-likeness (QED) is 0.168. The van der Waals surface area contributed by atoms with Gasteiger partial charge in [-0.05, 0) is 95.5 Å². The van der Waals surface area contributed by atoms with Gasteiger partial charge in [-0.15, -0.1) is 0 Å². The van der Waals surface area contributed by atoms with Crippen LogP contribution in [0.4, 0.5) is 17.1 Å². The van der Waals surface area contributed by atoms with Crippen molar-refractivity contribution in [3.05, 3.63) is 200 Å². The van der Waals surface area contributed by atoms with Crippen LogP contribution in [0.3, 0.4) is 0 Å². The summed E-state index contributed by atoms with van der Waals surface area (Å²) < 4.78 is 0. The second-order valence-corrected chi connectivity index (χ2v) is 13.3. The fraction of sp³-hybridized carbons (Fsp3) is 0. The summed E-state index contributed by atoms with van der Waals surface area (Å²) in [7, 11) is 0. The van der Waals surface area contributed by atoms with Gasteiger partial charge in [0.25, 0.3) is 0 Å². The smallest absolute Gasteiger partial charge is 0.0546 e. The molecular weight excluding hydrogens is 615 g/mol. The minimum atomic E-state index is 1.11. The largest absolute Gasteiger partial charge is 0.309 e. The molecule has 0 fully saturated rings. The molecule has 0 N–H and O–H groups in total. The van der Waals surface area contributed by atoms with Crippen LogP contribution in [0.5, 0.6) is 0 Å². The highest BCUT2D eigenvalue weighted by Crippen LogP contribution is 2.47. The standard InChI is InChI=1S/C50H33N/c1-2-15-34(16-3-1)41-22-12-13-28-48(41)51(49-33-37-18-5-6-21-40(37)43-24-8-10-26-45(43)49)39-20-14-19-36(31-39)47-32-38-30-29-35-17-4-7-23-42(35)50(38)46-27-11-9-25-44(46)47/h1-33H. The lowest BCUT2D eigenvalue weighted by Gasteiger charge is -2.30. The number of rotatable bonds is 5. The van der Waals surface area contributed by atoms with Crippen molar-refractivity contribution in [2.24, 2.45) is 0 Å². The third-order valence-electron chi connectivity index (χ3n) is 10.4. The highest BCUT2D eigenvalue weighted by atomic mass is 15.1. The molecule has 51 heavy (non-hydrogen) atoms. The SMILES string of the molecule is c1ccc(-c2ccccc2N(c2cccc(-c3cc4ccc5ccccc5c4c4ccccc34)c2)c2cc3ccccc3c3ccccc23)cc1. The number of hydrogen-bond donors (Lipinski definition) is 0. The van der Waals surface area contributed by atoms with Gasteiger partial charge in [0.15, 0.2) is 0 Å². The zero-order valence-electron chi connectivity index (χ0n) is 28.0. The first-order chi connectivity index (χ1) is 25.3. The van der Waals surface area contributed by atoms with Gasteiger partial charge < -0.3 is 4.90 Å². The van der Waals surface area contributed by atoms with E-state index in [0.29, 0.717) is 0 Å². The van der Waals surface area contributed by atoms with E-state index in [0.717, 1.165) is 17.1 Å². The third kappa shape index (κ3) is 4.86. The predicted octanol–water partition coefficient (Wildman–Crippen LogP) is 14.3. The normalized spacial score (nSPS) is 11.5. The average Bonchev–Trinajstić information content (AvgIpc) is 3.21. The molecule has 0 bridgehead atoms. The molecule has 0 aromatic heterocycles. The van der Waals surface area contributed by atoms with Gasteiger partial charge in [0, 0.05) is 16.6 Å². The van der Waals surface area contributed by atoms with Gasteiger partial charge in [-0.2, -0.15) is 0 Å². The predicted molar refractivity (Wildman–Crippen MR) is 220 cm³/mol. The lowest BCUT2D eigenvalue weighted by atomic mass is 9.90. The molecule has 10 aromatic carbocycles. The first kappa shape index (κ1) is 29.2. The first-order valence-electron chi connectivity index (χ1n) is 17.6. The van der Waals surface area contributed by atoms with Gasteiger partial charge in [0.1, 0.15) is 0 Å². The van der Waals surface area contributed by atoms with Gasteiger partial charge in [-0.3, -0.25) is 0 Å². The molecule has 10 rings (SSSR count). The lowest BCUT2D eigenvalue weighted by molar-refractivity contribution is 1.30. The molecule has 1 nitrogen and oxygen atoms in total. The van der Waals surface area contributed by atoms with Crippen LogP contribution in [0.2, 0.25) is 0 Å². The topological polar surface area (TPSA) is 3.24 Å². The number of benzene rings is 10. The Hall–Kier alpha value is -6.70. The molecule has 0 amide bonds. The van der Waals surface area contributed by atoms with Crippen molar-refractivity contribution in [2.75, 3.05) is 4.90 Å². The zero-order chi connectivity index (χ0) is 33.7. The molecule has 0 saturated heterocycles. The molecule has 1 heteroatoms. The Morgan fingerprint density at radius 1 is 0.275 bits per heavy atom. The second kappa shape index (κ2) is 12.0. The van der Waals surface area contributed by atoms with Gasteiger partial charge in [0.05, 0.1) is 11.4 Å². The van der Waals surface area contributed by atoms with E-state index in [4.69, 9.17) is 0 Å². The van der Waals surface area contributed by atoms with E-state index in [9.17, 15) is 0 Å². The molecule has 10 aromatic rings. The summed E-state index contributed by atoms with van der Waals surface area (Å²) in [5.74, 6) is 0. The van der Waals surface area contributed by atoms with E-state index in [1.165, 1.54) is 76.1 Å². The highest BCUT2D eigenvalue weighted by molar-refractivity contribution is 6.23. The molecular formula is C50H33N. The van der Waals surface area contributed by atoms with Gasteiger partial charge in [0.2, 0.25) is 0 Å². The summed E-state index contributed by atoms with van der Waals surface area (Å²) in [6.45, 7) is 0. The molecule has 0 aliphatic carbocycles. The molecule has 0 heterocycles. The lowest BCUT2D eigenvalue weighted by Crippen LogP contribution is -2.12. The van der Waals surface area contributed by atoms with E-state index < -0.39 is 0 Å². The van der Waals surface area contributed by atoms with Crippen LogP contribution in [-0.4, -0.2) is 0 Å². The maximum atomic E-state index is 2.47. The van der Waals surface area contributed by atoms with Gasteiger partial charge in [-0.1, -0.05) is 170 Å². The third-order valence-corrected chi connectivity index (χ3v) is 10.4. The minimum absolute atomic E-state index is 1.11. The van der Waals surface area contributed by atoms with Crippen LogP contribution in [0.1, 0.15) is 0 Å². The Kier molecular flexibility index (Phi) is 6.89. The molecule has 0 radical (unpaired) electrons. The molecule has 0 aliphatic rings. The Morgan fingerprint density at radius 2 is 0.882 bits per heavy atom. The summed E-state index contributed by atoms with van der Waals surface area (Å²) in [4.78, 5) is 2.47. The van der Waals surface area contributed by atoms with Crippen LogP contribution in [0.25, 0.3) is 76.1 Å². The average molecular weight is 648 g/mol. The van der Waals surface area contributed by atoms with E-state index in [1.807, 2.05) is 0 Å². The summed E-state index contributed by atoms with van der Waals surface area (Å²) in [5, 5.41) is 12.6. The maximum Gasteiger partial charge on any atom is 0.0546 e. The Morgan fingerprint density at radius 3 is 1.73 bits per heavy atom. The number of para-hydroxylation sites is 1. The fourth-order valence-electron chi connectivity index (χ4n) is 8.09. The van der Waals surface area contributed by atoms with Crippen molar-refractivity contribution < 1.29 is 0 Å². The summed E-state index contributed by atoms with van der Waals surface area (Å²) in [6.07, 6.45) is 0. The summed E-state index contributed by atoms with van der Waals surface area (Å²) in [6, 6.07) is 73.1. The monoisotopic (exact) mass is 647 g/mol. The van der Waals surface area contributed by atoms with Crippen LogP contribution in [0.15, 0.2) is 200 Å². The molecule has 0 aliphatic heterocycles. The summed E-state index contributed by atoms with van der Waals surface area (Å²) in [5.41, 5.74) is 8.19. The zero-order valence-corrected chi connectivity index (χ0v) is 28.0. The second-order valence-electron chi connectivity index (χ2n) is 13.3. The highest BCUT2D eigenvalue weighted by Gasteiger charge is 2.21. The number of anilines is 3. The molecule has 238 valence electrons. The van der Waals surface area contributed by atoms with E-state index in [2.05, 4.69) is 205 Å². The Bertz CT molecular complexity index is 2920. The molecule has 0 saturated carbocycles. The van der Waals surface area contributed by atoms with Crippen molar-refractivity contribution in [3.8, 4) is 22.3 Å².